The maximum atomic E-state index is 12.1. The fraction of sp³-hybridized carbons (Fsp3) is 0. The molecule has 3 nitrogen and oxygen atoms in total. The molecule has 0 heterocycles. The third-order valence-corrected chi connectivity index (χ3v) is 4.56. The summed E-state index contributed by atoms with van der Waals surface area (Å²) >= 11 is 26.1. The molecule has 0 aliphatic rings. The highest BCUT2D eigenvalue weighted by molar-refractivity contribution is 9.10. The molecule has 2 aromatic carbocycles. The van der Waals surface area contributed by atoms with Gasteiger partial charge in [-0.2, -0.15) is 0 Å². The van der Waals surface area contributed by atoms with E-state index in [9.17, 15) is 4.79 Å². The standard InChI is InChI=1S/C14H8BrCl3N2OS/c15-10-4-2-8(6-12(10)18)19-14(22)20-13(21)9-3-1-7(16)5-11(9)17/h1-6H,(H2,19,20,21,22). The zero-order chi connectivity index (χ0) is 16.3. The molecule has 0 spiro atoms. The zero-order valence-electron chi connectivity index (χ0n) is 10.8. The predicted octanol–water partition coefficient (Wildman–Crippen LogP) is 5.54. The van der Waals surface area contributed by atoms with Gasteiger partial charge in [-0.15, -0.1) is 0 Å². The van der Waals surface area contributed by atoms with Crippen LogP contribution in [0.4, 0.5) is 5.69 Å². The van der Waals surface area contributed by atoms with Crippen LogP contribution < -0.4 is 10.6 Å². The van der Waals surface area contributed by atoms with Gasteiger partial charge in [0.15, 0.2) is 5.11 Å². The van der Waals surface area contributed by atoms with E-state index < -0.39 is 5.91 Å². The summed E-state index contributed by atoms with van der Waals surface area (Å²) in [5.74, 6) is -0.428. The average molecular weight is 439 g/mol. The molecule has 22 heavy (non-hydrogen) atoms. The number of hydrogen-bond donors (Lipinski definition) is 2. The Bertz CT molecular complexity index is 755. The summed E-state index contributed by atoms with van der Waals surface area (Å²) in [5, 5.41) is 6.77. The van der Waals surface area contributed by atoms with Crippen LogP contribution in [0.5, 0.6) is 0 Å². The molecule has 2 rings (SSSR count). The van der Waals surface area contributed by atoms with E-state index in [1.165, 1.54) is 12.1 Å². The molecular formula is C14H8BrCl3N2OS. The van der Waals surface area contributed by atoms with Gasteiger partial charge in [0.05, 0.1) is 15.6 Å². The first-order valence-electron chi connectivity index (χ1n) is 5.89. The van der Waals surface area contributed by atoms with Crippen LogP contribution in [0.25, 0.3) is 0 Å². The number of benzene rings is 2. The van der Waals surface area contributed by atoms with Crippen LogP contribution in [-0.2, 0) is 0 Å². The van der Waals surface area contributed by atoms with E-state index in [2.05, 4.69) is 26.6 Å². The summed E-state index contributed by atoms with van der Waals surface area (Å²) in [7, 11) is 0. The van der Waals surface area contributed by atoms with Gasteiger partial charge in [0, 0.05) is 15.2 Å². The van der Waals surface area contributed by atoms with Crippen LogP contribution in [-0.4, -0.2) is 11.0 Å². The summed E-state index contributed by atoms with van der Waals surface area (Å²) in [6.45, 7) is 0. The summed E-state index contributed by atoms with van der Waals surface area (Å²) in [5.41, 5.74) is 0.935. The molecule has 2 aromatic rings. The van der Waals surface area contributed by atoms with Crippen molar-refractivity contribution in [1.82, 2.24) is 5.32 Å². The Morgan fingerprint density at radius 3 is 2.41 bits per heavy atom. The van der Waals surface area contributed by atoms with E-state index in [0.29, 0.717) is 15.7 Å². The van der Waals surface area contributed by atoms with E-state index in [1.807, 2.05) is 0 Å². The number of thiocarbonyl (C=S) groups is 1. The first kappa shape index (κ1) is 17.5. The molecule has 0 aliphatic heterocycles. The lowest BCUT2D eigenvalue weighted by molar-refractivity contribution is 0.0978. The lowest BCUT2D eigenvalue weighted by Gasteiger charge is -2.11. The molecule has 114 valence electrons. The molecule has 0 fully saturated rings. The second-order valence-electron chi connectivity index (χ2n) is 4.16. The van der Waals surface area contributed by atoms with Gasteiger partial charge in [-0.25, -0.2) is 0 Å². The number of hydrogen-bond acceptors (Lipinski definition) is 2. The summed E-state index contributed by atoms with van der Waals surface area (Å²) in [4.78, 5) is 12.1. The van der Waals surface area contributed by atoms with Crippen LogP contribution in [0.1, 0.15) is 10.4 Å². The number of halogens is 4. The van der Waals surface area contributed by atoms with Gasteiger partial charge in [-0.1, -0.05) is 34.8 Å². The molecule has 0 saturated carbocycles. The van der Waals surface area contributed by atoms with Crippen molar-refractivity contribution >= 4 is 79.7 Å². The first-order chi connectivity index (χ1) is 10.4. The van der Waals surface area contributed by atoms with Crippen LogP contribution in [0.2, 0.25) is 15.1 Å². The van der Waals surface area contributed by atoms with Crippen molar-refractivity contribution in [2.24, 2.45) is 0 Å². The van der Waals surface area contributed by atoms with Crippen molar-refractivity contribution in [1.29, 1.82) is 0 Å². The van der Waals surface area contributed by atoms with Crippen LogP contribution in [0, 0.1) is 0 Å². The fourth-order valence-electron chi connectivity index (χ4n) is 1.58. The van der Waals surface area contributed by atoms with E-state index in [4.69, 9.17) is 47.0 Å². The average Bonchev–Trinajstić information content (AvgIpc) is 2.42. The van der Waals surface area contributed by atoms with Gasteiger partial charge in [0.25, 0.3) is 5.91 Å². The van der Waals surface area contributed by atoms with Gasteiger partial charge in [-0.3, -0.25) is 10.1 Å². The first-order valence-corrected chi connectivity index (χ1v) is 8.23. The molecule has 0 saturated heterocycles. The van der Waals surface area contributed by atoms with Crippen molar-refractivity contribution in [3.05, 3.63) is 61.5 Å². The van der Waals surface area contributed by atoms with Crippen molar-refractivity contribution in [3.8, 4) is 0 Å². The van der Waals surface area contributed by atoms with Crippen molar-refractivity contribution in [2.75, 3.05) is 5.32 Å². The molecule has 0 aromatic heterocycles. The molecule has 0 bridgehead atoms. The van der Waals surface area contributed by atoms with Gasteiger partial charge < -0.3 is 5.32 Å². The maximum Gasteiger partial charge on any atom is 0.258 e. The van der Waals surface area contributed by atoms with Crippen LogP contribution >= 0.6 is 63.0 Å². The minimum absolute atomic E-state index is 0.134. The molecule has 0 aliphatic carbocycles. The Morgan fingerprint density at radius 2 is 1.77 bits per heavy atom. The Balaban J connectivity index is 2.05. The molecule has 1 amide bonds. The number of carbonyl (C=O) groups is 1. The maximum absolute atomic E-state index is 12.1. The number of nitrogens with one attached hydrogen (secondary N) is 2. The monoisotopic (exact) mass is 436 g/mol. The van der Waals surface area contributed by atoms with E-state index >= 15 is 0 Å². The smallest absolute Gasteiger partial charge is 0.258 e. The molecule has 0 unspecified atom stereocenters. The minimum atomic E-state index is -0.428. The third kappa shape index (κ3) is 4.57. The Hall–Kier alpha value is -0.850. The normalized spacial score (nSPS) is 10.2. The van der Waals surface area contributed by atoms with E-state index in [0.717, 1.165) is 4.47 Å². The fourth-order valence-corrected chi connectivity index (χ4v) is 2.71. The highest BCUT2D eigenvalue weighted by atomic mass is 79.9. The highest BCUT2D eigenvalue weighted by Gasteiger charge is 2.12. The van der Waals surface area contributed by atoms with Crippen molar-refractivity contribution < 1.29 is 4.79 Å². The number of amides is 1. The Kier molecular flexibility index (Phi) is 6.06. The van der Waals surface area contributed by atoms with Gasteiger partial charge in [-0.05, 0) is 64.5 Å². The lowest BCUT2D eigenvalue weighted by Crippen LogP contribution is -2.34. The van der Waals surface area contributed by atoms with E-state index in [-0.39, 0.29) is 15.7 Å². The highest BCUT2D eigenvalue weighted by Crippen LogP contribution is 2.25. The third-order valence-electron chi connectivity index (χ3n) is 2.58. The van der Waals surface area contributed by atoms with Crippen LogP contribution in [0.3, 0.4) is 0 Å². The predicted molar refractivity (Wildman–Crippen MR) is 99.3 cm³/mol. The number of anilines is 1. The van der Waals surface area contributed by atoms with Crippen LogP contribution in [0.15, 0.2) is 40.9 Å². The molecule has 0 atom stereocenters. The Morgan fingerprint density at radius 1 is 1.05 bits per heavy atom. The Labute approximate surface area is 156 Å². The quantitative estimate of drug-likeness (QED) is 0.605. The number of rotatable bonds is 2. The van der Waals surface area contributed by atoms with Crippen molar-refractivity contribution in [3.63, 3.8) is 0 Å². The molecule has 8 heteroatoms. The molecule has 0 radical (unpaired) electrons. The lowest BCUT2D eigenvalue weighted by atomic mass is 10.2. The van der Waals surface area contributed by atoms with Gasteiger partial charge >= 0.3 is 0 Å². The summed E-state index contributed by atoms with van der Waals surface area (Å²) in [6, 6.07) is 9.81. The zero-order valence-corrected chi connectivity index (χ0v) is 15.5. The van der Waals surface area contributed by atoms with Crippen molar-refractivity contribution in [2.45, 2.75) is 0 Å². The van der Waals surface area contributed by atoms with Gasteiger partial charge in [0.1, 0.15) is 0 Å². The molecular weight excluding hydrogens is 430 g/mol. The SMILES string of the molecule is O=C(NC(=S)Nc1ccc(Br)c(Cl)c1)c1ccc(Cl)cc1Cl. The largest absolute Gasteiger partial charge is 0.332 e. The second-order valence-corrected chi connectivity index (χ2v) is 6.67. The topological polar surface area (TPSA) is 41.1 Å². The van der Waals surface area contributed by atoms with E-state index in [1.54, 1.807) is 24.3 Å². The number of carbonyl (C=O) groups excluding carboxylic acids is 1. The van der Waals surface area contributed by atoms with Gasteiger partial charge in [0.2, 0.25) is 0 Å². The minimum Gasteiger partial charge on any atom is -0.332 e. The molecule has 2 N–H and O–H groups in total. The summed E-state index contributed by atoms with van der Waals surface area (Å²) < 4.78 is 0.766. The second kappa shape index (κ2) is 7.62. The summed E-state index contributed by atoms with van der Waals surface area (Å²) in [6.07, 6.45) is 0.